The zero-order valence-electron chi connectivity index (χ0n) is 11.3. The van der Waals surface area contributed by atoms with Crippen LogP contribution in [0.15, 0.2) is 24.3 Å². The van der Waals surface area contributed by atoms with Gasteiger partial charge in [0.15, 0.2) is 5.54 Å². The number of fused-ring (bicyclic) bond motifs is 1. The number of carboxylic acids is 1. The van der Waals surface area contributed by atoms with Gasteiger partial charge in [0.05, 0.1) is 0 Å². The smallest absolute Gasteiger partial charge is 0.334 e. The highest BCUT2D eigenvalue weighted by Crippen LogP contribution is 2.38. The highest BCUT2D eigenvalue weighted by Gasteiger charge is 2.47. The second-order valence-electron chi connectivity index (χ2n) is 5.11. The fourth-order valence-electron chi connectivity index (χ4n) is 2.96. The summed E-state index contributed by atoms with van der Waals surface area (Å²) in [5.74, 6) is -1.17. The fourth-order valence-corrected chi connectivity index (χ4v) is 2.96. The van der Waals surface area contributed by atoms with E-state index in [9.17, 15) is 14.7 Å². The quantitative estimate of drug-likeness (QED) is 0.830. The summed E-state index contributed by atoms with van der Waals surface area (Å²) in [6.07, 6.45) is 3.10. The van der Waals surface area contributed by atoms with Gasteiger partial charge in [-0.2, -0.15) is 0 Å². The third kappa shape index (κ3) is 2.11. The Morgan fingerprint density at radius 1 is 1.26 bits per heavy atom. The van der Waals surface area contributed by atoms with Gasteiger partial charge in [-0.3, -0.25) is 4.79 Å². The third-order valence-electron chi connectivity index (χ3n) is 4.10. The predicted octanol–water partition coefficient (Wildman–Crippen LogP) is 2.17. The molecule has 0 heterocycles. The summed E-state index contributed by atoms with van der Waals surface area (Å²) in [4.78, 5) is 25.1. The summed E-state index contributed by atoms with van der Waals surface area (Å²) in [5.41, 5.74) is 0.576. The molecule has 4 nitrogen and oxygen atoms in total. The molecule has 1 amide bonds. The van der Waals surface area contributed by atoms with E-state index in [2.05, 4.69) is 0 Å². The maximum absolute atomic E-state index is 11.9. The van der Waals surface area contributed by atoms with Gasteiger partial charge in [0.1, 0.15) is 0 Å². The predicted molar refractivity (Wildman–Crippen MR) is 71.8 cm³/mol. The number of aliphatic carboxylic acids is 1. The Morgan fingerprint density at radius 3 is 2.58 bits per heavy atom. The van der Waals surface area contributed by atoms with Crippen LogP contribution >= 0.6 is 0 Å². The summed E-state index contributed by atoms with van der Waals surface area (Å²) in [5, 5.41) is 9.79. The van der Waals surface area contributed by atoms with Crippen LogP contribution in [0.25, 0.3) is 0 Å². The van der Waals surface area contributed by atoms with Gasteiger partial charge in [-0.05, 0) is 36.8 Å². The molecular formula is C15H19NO3. The topological polar surface area (TPSA) is 57.6 Å². The molecule has 0 saturated carbocycles. The maximum Gasteiger partial charge on any atom is 0.334 e. The van der Waals surface area contributed by atoms with E-state index in [1.165, 1.54) is 11.8 Å². The van der Waals surface area contributed by atoms with E-state index in [1.807, 2.05) is 24.3 Å². The Morgan fingerprint density at radius 2 is 1.95 bits per heavy atom. The molecule has 19 heavy (non-hydrogen) atoms. The van der Waals surface area contributed by atoms with Crippen molar-refractivity contribution < 1.29 is 14.7 Å². The normalized spacial score (nSPS) is 22.2. The van der Waals surface area contributed by atoms with Gasteiger partial charge >= 0.3 is 5.97 Å². The molecule has 0 fully saturated rings. The van der Waals surface area contributed by atoms with E-state index in [0.717, 1.165) is 30.4 Å². The third-order valence-corrected chi connectivity index (χ3v) is 4.10. The first kappa shape index (κ1) is 13.6. The Balaban J connectivity index is 2.66. The molecule has 0 spiro atoms. The van der Waals surface area contributed by atoms with Crippen molar-refractivity contribution in [3.05, 3.63) is 35.4 Å². The van der Waals surface area contributed by atoms with Gasteiger partial charge in [0.25, 0.3) is 0 Å². The first-order valence-electron chi connectivity index (χ1n) is 6.56. The standard InChI is InChI=1S/C15H19NO3/c1-11(17)16(2)15(14(18)19)10-6-5-8-12-7-3-4-9-13(12)15/h3-4,7,9H,5-6,8,10H2,1-2H3,(H,18,19). The first-order valence-corrected chi connectivity index (χ1v) is 6.56. The van der Waals surface area contributed by atoms with E-state index in [1.54, 1.807) is 7.05 Å². The molecule has 1 aliphatic rings. The number of likely N-dealkylation sites (N-methyl/N-ethyl adjacent to an activating group) is 1. The summed E-state index contributed by atoms with van der Waals surface area (Å²) in [6, 6.07) is 7.57. The van der Waals surface area contributed by atoms with Gasteiger partial charge in [0, 0.05) is 14.0 Å². The van der Waals surface area contributed by atoms with Gasteiger partial charge in [-0.1, -0.05) is 24.3 Å². The second-order valence-corrected chi connectivity index (χ2v) is 5.11. The number of carboxylic acid groups (broad SMARTS) is 1. The number of hydrogen-bond acceptors (Lipinski definition) is 2. The molecule has 1 aromatic rings. The minimum atomic E-state index is -1.22. The van der Waals surface area contributed by atoms with E-state index < -0.39 is 11.5 Å². The molecule has 0 saturated heterocycles. The van der Waals surface area contributed by atoms with Gasteiger partial charge < -0.3 is 10.0 Å². The van der Waals surface area contributed by atoms with Crippen molar-refractivity contribution >= 4 is 11.9 Å². The summed E-state index contributed by atoms with van der Waals surface area (Å²) in [7, 11) is 1.58. The number of carbonyl (C=O) groups is 2. The van der Waals surface area contributed by atoms with E-state index in [4.69, 9.17) is 0 Å². The van der Waals surface area contributed by atoms with Gasteiger partial charge in [0.2, 0.25) is 5.91 Å². The molecule has 0 bridgehead atoms. The average Bonchev–Trinajstić information content (AvgIpc) is 2.58. The minimum absolute atomic E-state index is 0.223. The Kier molecular flexibility index (Phi) is 3.60. The van der Waals surface area contributed by atoms with Gasteiger partial charge in [-0.25, -0.2) is 4.79 Å². The van der Waals surface area contributed by atoms with Crippen LogP contribution in [0.4, 0.5) is 0 Å². The van der Waals surface area contributed by atoms with Crippen molar-refractivity contribution in [1.29, 1.82) is 0 Å². The number of benzene rings is 1. The van der Waals surface area contributed by atoms with Crippen LogP contribution in [0.1, 0.15) is 37.3 Å². The molecule has 1 aliphatic carbocycles. The van der Waals surface area contributed by atoms with Crippen LogP contribution in [0.5, 0.6) is 0 Å². The van der Waals surface area contributed by atoms with E-state index in [-0.39, 0.29) is 5.91 Å². The fraction of sp³-hybridized carbons (Fsp3) is 0.467. The summed E-state index contributed by atoms with van der Waals surface area (Å²) >= 11 is 0. The highest BCUT2D eigenvalue weighted by atomic mass is 16.4. The zero-order chi connectivity index (χ0) is 14.0. The van der Waals surface area contributed by atoms with Crippen molar-refractivity contribution in [1.82, 2.24) is 4.90 Å². The lowest BCUT2D eigenvalue weighted by Gasteiger charge is -2.38. The molecule has 4 heteroatoms. The average molecular weight is 261 g/mol. The summed E-state index contributed by atoms with van der Waals surface area (Å²) in [6.45, 7) is 1.41. The van der Waals surface area contributed by atoms with Crippen LogP contribution < -0.4 is 0 Å². The lowest BCUT2D eigenvalue weighted by Crippen LogP contribution is -2.52. The SMILES string of the molecule is CC(=O)N(C)C1(C(=O)O)CCCCc2ccccc21. The van der Waals surface area contributed by atoms with Crippen molar-refractivity contribution in [2.24, 2.45) is 0 Å². The lowest BCUT2D eigenvalue weighted by molar-refractivity contribution is -0.158. The molecule has 2 rings (SSSR count). The number of amides is 1. The van der Waals surface area contributed by atoms with Crippen LogP contribution in [-0.4, -0.2) is 28.9 Å². The summed E-state index contributed by atoms with van der Waals surface area (Å²) < 4.78 is 0. The Hall–Kier alpha value is -1.84. The molecule has 102 valence electrons. The molecule has 1 unspecified atom stereocenters. The molecule has 0 radical (unpaired) electrons. The molecule has 0 aliphatic heterocycles. The van der Waals surface area contributed by atoms with Crippen LogP contribution in [0.2, 0.25) is 0 Å². The highest BCUT2D eigenvalue weighted by molar-refractivity contribution is 5.87. The number of carbonyl (C=O) groups excluding carboxylic acids is 1. The number of aryl methyl sites for hydroxylation is 1. The van der Waals surface area contributed by atoms with Crippen LogP contribution in [0.3, 0.4) is 0 Å². The molecule has 0 aromatic heterocycles. The number of rotatable bonds is 2. The molecule has 1 atom stereocenters. The minimum Gasteiger partial charge on any atom is -0.479 e. The Bertz CT molecular complexity index is 512. The molecular weight excluding hydrogens is 242 g/mol. The Labute approximate surface area is 113 Å². The van der Waals surface area contributed by atoms with Crippen molar-refractivity contribution in [2.75, 3.05) is 7.05 Å². The molecule has 1 aromatic carbocycles. The number of hydrogen-bond donors (Lipinski definition) is 1. The van der Waals surface area contributed by atoms with Crippen LogP contribution in [-0.2, 0) is 21.5 Å². The molecule has 1 N–H and O–H groups in total. The van der Waals surface area contributed by atoms with Crippen molar-refractivity contribution in [3.63, 3.8) is 0 Å². The van der Waals surface area contributed by atoms with Crippen molar-refractivity contribution in [3.8, 4) is 0 Å². The zero-order valence-corrected chi connectivity index (χ0v) is 11.3. The van der Waals surface area contributed by atoms with Crippen LogP contribution in [0, 0.1) is 0 Å². The second kappa shape index (κ2) is 5.03. The first-order chi connectivity index (χ1) is 9.00. The lowest BCUT2D eigenvalue weighted by atomic mass is 9.83. The van der Waals surface area contributed by atoms with E-state index in [0.29, 0.717) is 6.42 Å². The van der Waals surface area contributed by atoms with E-state index >= 15 is 0 Å². The maximum atomic E-state index is 11.9. The largest absolute Gasteiger partial charge is 0.479 e. The van der Waals surface area contributed by atoms with Gasteiger partial charge in [-0.15, -0.1) is 0 Å². The van der Waals surface area contributed by atoms with Crippen molar-refractivity contribution in [2.45, 2.75) is 38.1 Å². The number of nitrogens with zero attached hydrogens (tertiary/aromatic N) is 1. The monoisotopic (exact) mass is 261 g/mol.